The van der Waals surface area contributed by atoms with Gasteiger partial charge in [-0.3, -0.25) is 0 Å². The van der Waals surface area contributed by atoms with Crippen molar-refractivity contribution in [3.05, 3.63) is 35.6 Å². The van der Waals surface area contributed by atoms with Crippen LogP contribution in [-0.2, 0) is 5.67 Å². The Morgan fingerprint density at radius 1 is 1.33 bits per heavy atom. The van der Waals surface area contributed by atoms with E-state index in [4.69, 9.17) is 4.42 Å². The van der Waals surface area contributed by atoms with Crippen molar-refractivity contribution in [1.82, 2.24) is 5.32 Å². The second-order valence-corrected chi connectivity index (χ2v) is 4.22. The quantitative estimate of drug-likeness (QED) is 0.773. The molecule has 0 bridgehead atoms. The Bertz CT molecular complexity index is 513. The van der Waals surface area contributed by atoms with E-state index in [-0.39, 0.29) is 0 Å². The van der Waals surface area contributed by atoms with E-state index in [0.717, 1.165) is 16.5 Å². The van der Waals surface area contributed by atoms with Gasteiger partial charge in [-0.1, -0.05) is 11.6 Å². The normalized spacial score (nSPS) is 19.1. The Morgan fingerprint density at radius 2 is 2.13 bits per heavy atom. The van der Waals surface area contributed by atoms with Gasteiger partial charge >= 0.3 is 0 Å². The molecule has 2 heterocycles. The molecule has 1 saturated heterocycles. The van der Waals surface area contributed by atoms with Crippen molar-refractivity contribution in [1.29, 1.82) is 0 Å². The minimum Gasteiger partial charge on any atom is -0.458 e. The Hall–Kier alpha value is -1.35. The van der Waals surface area contributed by atoms with Gasteiger partial charge in [0, 0.05) is 18.5 Å². The number of alkyl halides is 1. The van der Waals surface area contributed by atoms with E-state index in [2.05, 4.69) is 5.32 Å². The SMILES string of the molecule is Cc1ccc2oc(C3(F)CNC3)cc2c1. The lowest BCUT2D eigenvalue weighted by Gasteiger charge is -2.32. The number of furan rings is 1. The fraction of sp³-hybridized carbons (Fsp3) is 0.333. The summed E-state index contributed by atoms with van der Waals surface area (Å²) in [7, 11) is 0. The summed E-state index contributed by atoms with van der Waals surface area (Å²) in [6, 6.07) is 7.68. The van der Waals surface area contributed by atoms with Crippen molar-refractivity contribution in [3.8, 4) is 0 Å². The van der Waals surface area contributed by atoms with Crippen LogP contribution >= 0.6 is 0 Å². The van der Waals surface area contributed by atoms with Gasteiger partial charge in [-0.05, 0) is 25.1 Å². The zero-order chi connectivity index (χ0) is 10.5. The summed E-state index contributed by atoms with van der Waals surface area (Å²) in [6.45, 7) is 2.72. The maximum Gasteiger partial charge on any atom is 0.192 e. The van der Waals surface area contributed by atoms with Gasteiger partial charge < -0.3 is 9.73 Å². The Labute approximate surface area is 87.1 Å². The van der Waals surface area contributed by atoms with Crippen LogP contribution in [0.5, 0.6) is 0 Å². The molecule has 0 unspecified atom stereocenters. The number of rotatable bonds is 1. The molecule has 1 aliphatic heterocycles. The summed E-state index contributed by atoms with van der Waals surface area (Å²) >= 11 is 0. The number of fused-ring (bicyclic) bond motifs is 1. The highest BCUT2D eigenvalue weighted by molar-refractivity contribution is 5.79. The van der Waals surface area contributed by atoms with E-state index in [1.807, 2.05) is 31.2 Å². The number of nitrogens with one attached hydrogen (secondary N) is 1. The number of hydrogen-bond acceptors (Lipinski definition) is 2. The molecule has 1 aliphatic rings. The fourth-order valence-corrected chi connectivity index (χ4v) is 1.90. The van der Waals surface area contributed by atoms with Gasteiger partial charge in [0.05, 0.1) is 0 Å². The topological polar surface area (TPSA) is 25.2 Å². The molecule has 78 valence electrons. The molecule has 0 spiro atoms. The minimum absolute atomic E-state index is 0.353. The van der Waals surface area contributed by atoms with E-state index in [1.54, 1.807) is 0 Å². The Morgan fingerprint density at radius 3 is 2.80 bits per heavy atom. The molecule has 0 atom stereocenters. The molecule has 3 rings (SSSR count). The average molecular weight is 205 g/mol. The lowest BCUT2D eigenvalue weighted by molar-refractivity contribution is 0.0647. The van der Waals surface area contributed by atoms with Crippen LogP contribution in [0.25, 0.3) is 11.0 Å². The maximum atomic E-state index is 14.0. The first-order valence-electron chi connectivity index (χ1n) is 5.08. The van der Waals surface area contributed by atoms with Crippen molar-refractivity contribution in [2.45, 2.75) is 12.6 Å². The summed E-state index contributed by atoms with van der Waals surface area (Å²) in [5, 5.41) is 3.90. The van der Waals surface area contributed by atoms with E-state index in [0.29, 0.717) is 18.8 Å². The molecule has 0 amide bonds. The number of halogens is 1. The van der Waals surface area contributed by atoms with Crippen molar-refractivity contribution < 1.29 is 8.81 Å². The van der Waals surface area contributed by atoms with Crippen molar-refractivity contribution in [3.63, 3.8) is 0 Å². The average Bonchev–Trinajstić information content (AvgIpc) is 2.57. The van der Waals surface area contributed by atoms with Crippen LogP contribution < -0.4 is 5.32 Å². The van der Waals surface area contributed by atoms with Crippen LogP contribution in [0.3, 0.4) is 0 Å². The van der Waals surface area contributed by atoms with Crippen LogP contribution in [0.4, 0.5) is 4.39 Å². The molecule has 1 aromatic heterocycles. The molecule has 3 heteroatoms. The lowest BCUT2D eigenvalue weighted by Crippen LogP contribution is -2.53. The Balaban J connectivity index is 2.14. The highest BCUT2D eigenvalue weighted by Crippen LogP contribution is 2.34. The molecule has 0 aliphatic carbocycles. The molecule has 0 radical (unpaired) electrons. The summed E-state index contributed by atoms with van der Waals surface area (Å²) in [5.74, 6) is 0.446. The fourth-order valence-electron chi connectivity index (χ4n) is 1.90. The lowest BCUT2D eigenvalue weighted by atomic mass is 9.96. The third-order valence-corrected chi connectivity index (χ3v) is 2.92. The van der Waals surface area contributed by atoms with Crippen LogP contribution in [0, 0.1) is 6.92 Å². The van der Waals surface area contributed by atoms with Gasteiger partial charge in [0.2, 0.25) is 0 Å². The van der Waals surface area contributed by atoms with Crippen LogP contribution in [-0.4, -0.2) is 13.1 Å². The van der Waals surface area contributed by atoms with Crippen LogP contribution in [0.2, 0.25) is 0 Å². The first-order chi connectivity index (χ1) is 7.17. The number of benzene rings is 1. The molecule has 1 fully saturated rings. The van der Waals surface area contributed by atoms with Gasteiger partial charge in [0.1, 0.15) is 11.3 Å². The summed E-state index contributed by atoms with van der Waals surface area (Å²) < 4.78 is 19.5. The van der Waals surface area contributed by atoms with Gasteiger partial charge in [-0.25, -0.2) is 4.39 Å². The van der Waals surface area contributed by atoms with Crippen molar-refractivity contribution in [2.75, 3.05) is 13.1 Å². The molecule has 1 N–H and O–H groups in total. The molecule has 0 saturated carbocycles. The van der Waals surface area contributed by atoms with Gasteiger partial charge in [0.15, 0.2) is 5.67 Å². The third-order valence-electron chi connectivity index (χ3n) is 2.92. The number of aryl methyl sites for hydroxylation is 1. The van der Waals surface area contributed by atoms with E-state index >= 15 is 0 Å². The second kappa shape index (κ2) is 2.83. The zero-order valence-electron chi connectivity index (χ0n) is 8.51. The molecule has 15 heavy (non-hydrogen) atoms. The molecule has 2 nitrogen and oxygen atoms in total. The highest BCUT2D eigenvalue weighted by atomic mass is 19.1. The second-order valence-electron chi connectivity index (χ2n) is 4.22. The first kappa shape index (κ1) is 8.92. The van der Waals surface area contributed by atoms with Crippen molar-refractivity contribution >= 4 is 11.0 Å². The van der Waals surface area contributed by atoms with E-state index in [9.17, 15) is 4.39 Å². The first-order valence-corrected chi connectivity index (χ1v) is 5.08. The highest BCUT2D eigenvalue weighted by Gasteiger charge is 2.42. The molecule has 1 aromatic carbocycles. The largest absolute Gasteiger partial charge is 0.458 e. The maximum absolute atomic E-state index is 14.0. The predicted molar refractivity (Wildman–Crippen MR) is 56.6 cm³/mol. The summed E-state index contributed by atoms with van der Waals surface area (Å²) in [6.07, 6.45) is 0. The van der Waals surface area contributed by atoms with Gasteiger partial charge in [-0.15, -0.1) is 0 Å². The van der Waals surface area contributed by atoms with Gasteiger partial charge in [0.25, 0.3) is 0 Å². The number of hydrogen-bond donors (Lipinski definition) is 1. The Kier molecular flexibility index (Phi) is 1.68. The van der Waals surface area contributed by atoms with Crippen LogP contribution in [0.1, 0.15) is 11.3 Å². The summed E-state index contributed by atoms with van der Waals surface area (Å²) in [4.78, 5) is 0. The minimum atomic E-state index is -1.30. The third kappa shape index (κ3) is 1.27. The molecule has 2 aromatic rings. The predicted octanol–water partition coefficient (Wildman–Crippen LogP) is 2.51. The van der Waals surface area contributed by atoms with Crippen LogP contribution in [0.15, 0.2) is 28.7 Å². The standard InChI is InChI=1S/C12H12FNO/c1-8-2-3-10-9(4-8)5-11(15-10)12(13)6-14-7-12/h2-5,14H,6-7H2,1H3. The van der Waals surface area contributed by atoms with Gasteiger partial charge in [-0.2, -0.15) is 0 Å². The smallest absolute Gasteiger partial charge is 0.192 e. The van der Waals surface area contributed by atoms with Crippen molar-refractivity contribution in [2.24, 2.45) is 0 Å². The summed E-state index contributed by atoms with van der Waals surface area (Å²) in [5.41, 5.74) is 0.626. The molecular weight excluding hydrogens is 193 g/mol. The molecular formula is C12H12FNO. The van der Waals surface area contributed by atoms with E-state index < -0.39 is 5.67 Å². The zero-order valence-corrected chi connectivity index (χ0v) is 8.51. The van der Waals surface area contributed by atoms with E-state index in [1.165, 1.54) is 0 Å². The monoisotopic (exact) mass is 205 g/mol.